The first-order chi connectivity index (χ1) is 25.9. The van der Waals surface area contributed by atoms with Gasteiger partial charge in [-0.15, -0.1) is 0 Å². The van der Waals surface area contributed by atoms with E-state index in [1.807, 2.05) is 13.8 Å². The number of rotatable bonds is 19. The Morgan fingerprint density at radius 1 is 0.855 bits per heavy atom. The minimum Gasteiger partial charge on any atom is -0.469 e. The fourth-order valence-corrected chi connectivity index (χ4v) is 10.9. The van der Waals surface area contributed by atoms with E-state index in [-0.39, 0.29) is 82.6 Å². The van der Waals surface area contributed by atoms with Crippen molar-refractivity contribution in [3.63, 3.8) is 0 Å². The summed E-state index contributed by atoms with van der Waals surface area (Å²) in [4.78, 5) is 66.4. The number of hydrogen-bond acceptors (Lipinski definition) is 14. The molecular formula is C34H60N6O13P2. The molecule has 0 aromatic rings. The Kier molecular flexibility index (Phi) is 16.7. The number of methoxy groups -OCH3 is 1. The van der Waals surface area contributed by atoms with Crippen LogP contribution in [0.3, 0.4) is 0 Å². The van der Waals surface area contributed by atoms with Crippen LogP contribution in [0.1, 0.15) is 53.4 Å². The van der Waals surface area contributed by atoms with Gasteiger partial charge in [0.05, 0.1) is 65.1 Å². The van der Waals surface area contributed by atoms with Crippen molar-refractivity contribution in [2.45, 2.75) is 59.5 Å². The molecule has 4 aliphatic heterocycles. The Bertz CT molecular complexity index is 1460. The Morgan fingerprint density at radius 3 is 2.24 bits per heavy atom. The molecule has 4 saturated heterocycles. The summed E-state index contributed by atoms with van der Waals surface area (Å²) in [5.41, 5.74) is -1.33. The summed E-state index contributed by atoms with van der Waals surface area (Å²) in [7, 11) is -5.81. The van der Waals surface area contributed by atoms with Gasteiger partial charge in [0.1, 0.15) is 0 Å². The number of ether oxygens (including phenoxy) is 3. The summed E-state index contributed by atoms with van der Waals surface area (Å²) in [6.45, 7) is 12.6. The molecule has 3 amide bonds. The highest BCUT2D eigenvalue weighted by atomic mass is 31.2. The molecule has 55 heavy (non-hydrogen) atoms. The Balaban J connectivity index is 1.11. The zero-order valence-corrected chi connectivity index (χ0v) is 34.6. The third-order valence-corrected chi connectivity index (χ3v) is 13.8. The van der Waals surface area contributed by atoms with E-state index in [1.54, 1.807) is 18.7 Å². The van der Waals surface area contributed by atoms with Crippen LogP contribution in [-0.2, 0) is 60.9 Å². The fraction of sp³-hybridized carbons (Fsp3) is 0.853. The van der Waals surface area contributed by atoms with Gasteiger partial charge in [0.2, 0.25) is 17.7 Å². The van der Waals surface area contributed by atoms with Crippen molar-refractivity contribution in [3.05, 3.63) is 0 Å². The van der Waals surface area contributed by atoms with Gasteiger partial charge in [0.15, 0.2) is 6.10 Å². The molecule has 0 aromatic carbocycles. The standard InChI is InChI=1S/C34H60N6O13P2/c1-33(2)23-51-54(46,37-12-14-39-15-17-49-18-16-39)22-26(33)31(44)35-11-8-29(43)50-21-25-19-27(41)40(20-25)13-6-9-38-55(47)52-24-34(3,4)30(53-55)32(45)36-10-7-28(42)48-5/h25-26,30H,6-24H2,1-5H3,(H,35,44)(H,36,45)(H,37,46)(H,38,47)/t25?,26-,30-,54?,55?/m0/s1. The molecule has 0 aromatic heterocycles. The predicted molar refractivity (Wildman–Crippen MR) is 199 cm³/mol. The smallest absolute Gasteiger partial charge is 0.406 e. The molecule has 21 heteroatoms. The molecule has 3 unspecified atom stereocenters. The highest BCUT2D eigenvalue weighted by Crippen LogP contribution is 2.54. The van der Waals surface area contributed by atoms with E-state index in [0.717, 1.165) is 13.1 Å². The van der Waals surface area contributed by atoms with Crippen LogP contribution in [-0.4, -0.2) is 151 Å². The molecule has 4 heterocycles. The van der Waals surface area contributed by atoms with Crippen LogP contribution >= 0.6 is 15.3 Å². The average Bonchev–Trinajstić information content (AvgIpc) is 3.50. The van der Waals surface area contributed by atoms with Gasteiger partial charge in [-0.25, -0.2) is 14.7 Å². The third kappa shape index (κ3) is 13.9. The maximum Gasteiger partial charge on any atom is 0.406 e. The van der Waals surface area contributed by atoms with Crippen LogP contribution in [0.4, 0.5) is 0 Å². The summed E-state index contributed by atoms with van der Waals surface area (Å²) < 4.78 is 59.0. The van der Waals surface area contributed by atoms with Gasteiger partial charge < -0.3 is 34.3 Å². The van der Waals surface area contributed by atoms with Gasteiger partial charge in [-0.05, 0) is 6.42 Å². The van der Waals surface area contributed by atoms with Crippen LogP contribution in [0, 0.1) is 22.7 Å². The first-order valence-electron chi connectivity index (χ1n) is 19.0. The second-order valence-electron chi connectivity index (χ2n) is 15.8. The number of nitrogens with zero attached hydrogens (tertiary/aromatic N) is 2. The number of morpholine rings is 1. The van der Waals surface area contributed by atoms with E-state index in [9.17, 15) is 33.1 Å². The molecule has 0 aliphatic carbocycles. The van der Waals surface area contributed by atoms with Crippen molar-refractivity contribution in [2.24, 2.45) is 22.7 Å². The van der Waals surface area contributed by atoms with Crippen molar-refractivity contribution < 1.29 is 60.9 Å². The lowest BCUT2D eigenvalue weighted by molar-refractivity contribution is -0.145. The number of likely N-dealkylation sites (tertiary alicyclic amines) is 1. The summed E-state index contributed by atoms with van der Waals surface area (Å²) in [6.07, 6.45) is -0.478. The van der Waals surface area contributed by atoms with E-state index < -0.39 is 56.0 Å². The first kappa shape index (κ1) is 45.2. The fourth-order valence-electron chi connectivity index (χ4n) is 6.63. The van der Waals surface area contributed by atoms with Gasteiger partial charge in [0, 0.05) is 82.1 Å². The topological polar surface area (TPSA) is 229 Å². The van der Waals surface area contributed by atoms with Gasteiger partial charge in [0.25, 0.3) is 7.52 Å². The molecule has 0 bridgehead atoms. The van der Waals surface area contributed by atoms with Crippen molar-refractivity contribution in [2.75, 3.05) is 105 Å². The summed E-state index contributed by atoms with van der Waals surface area (Å²) in [5.74, 6) is -2.66. The van der Waals surface area contributed by atoms with Gasteiger partial charge in [-0.3, -0.25) is 42.5 Å². The largest absolute Gasteiger partial charge is 0.469 e. The van der Waals surface area contributed by atoms with E-state index in [1.165, 1.54) is 7.11 Å². The van der Waals surface area contributed by atoms with E-state index >= 15 is 0 Å². The van der Waals surface area contributed by atoms with E-state index in [2.05, 4.69) is 30.4 Å². The van der Waals surface area contributed by atoms with E-state index in [0.29, 0.717) is 45.8 Å². The minimum absolute atomic E-state index is 0.00484. The molecule has 5 atom stereocenters. The normalized spacial score (nSPS) is 29.4. The minimum atomic E-state index is -3.83. The number of amides is 3. The monoisotopic (exact) mass is 822 g/mol. The molecule has 4 N–H and O–H groups in total. The number of carbonyl (C=O) groups excluding carboxylic acids is 5. The first-order valence-corrected chi connectivity index (χ1v) is 22.3. The molecule has 0 spiro atoms. The maximum absolute atomic E-state index is 13.5. The van der Waals surface area contributed by atoms with Crippen molar-refractivity contribution >= 4 is 44.9 Å². The Morgan fingerprint density at radius 2 is 1.53 bits per heavy atom. The van der Waals surface area contributed by atoms with Crippen LogP contribution in [0.15, 0.2) is 0 Å². The molecule has 4 fully saturated rings. The van der Waals surface area contributed by atoms with E-state index in [4.69, 9.17) is 23.0 Å². The third-order valence-electron chi connectivity index (χ3n) is 10.2. The second kappa shape index (κ2) is 20.3. The molecule has 314 valence electrons. The lowest BCUT2D eigenvalue weighted by Crippen LogP contribution is -2.50. The second-order valence-corrected chi connectivity index (χ2v) is 19.9. The van der Waals surface area contributed by atoms with Gasteiger partial charge in [-0.2, -0.15) is 0 Å². The zero-order chi connectivity index (χ0) is 40.3. The lowest BCUT2D eigenvalue weighted by Gasteiger charge is -2.41. The number of nitrogens with one attached hydrogen (secondary N) is 4. The van der Waals surface area contributed by atoms with Crippen LogP contribution in [0.5, 0.6) is 0 Å². The van der Waals surface area contributed by atoms with Crippen molar-refractivity contribution in [1.29, 1.82) is 0 Å². The molecule has 0 radical (unpaired) electrons. The highest BCUT2D eigenvalue weighted by Gasteiger charge is 2.48. The summed E-state index contributed by atoms with van der Waals surface area (Å²) in [5, 5.41) is 11.2. The summed E-state index contributed by atoms with van der Waals surface area (Å²) in [6, 6.07) is 0. The molecule has 4 aliphatic rings. The predicted octanol–water partition coefficient (Wildman–Crippen LogP) is 0.881. The zero-order valence-electron chi connectivity index (χ0n) is 32.8. The average molecular weight is 823 g/mol. The summed E-state index contributed by atoms with van der Waals surface area (Å²) >= 11 is 0. The Labute approximate surface area is 323 Å². The van der Waals surface area contributed by atoms with Crippen LogP contribution in [0.2, 0.25) is 0 Å². The van der Waals surface area contributed by atoms with Crippen LogP contribution < -0.4 is 20.8 Å². The quantitative estimate of drug-likeness (QED) is 0.0805. The van der Waals surface area contributed by atoms with Crippen molar-refractivity contribution in [1.82, 2.24) is 30.6 Å². The lowest BCUT2D eigenvalue weighted by atomic mass is 9.80. The SMILES string of the molecule is COC(=O)CCNC(=O)[C@@H]1OP(=O)(NCCCN2CC(COC(=O)CCNC(=O)[C@@H]3CP(=O)(NCCN4CCOCC4)OCC3(C)C)CC2=O)OCC1(C)C. The molecular weight excluding hydrogens is 762 g/mol. The molecule has 19 nitrogen and oxygen atoms in total. The number of hydrogen-bond donors (Lipinski definition) is 4. The molecule has 0 saturated carbocycles. The van der Waals surface area contributed by atoms with Gasteiger partial charge >= 0.3 is 19.7 Å². The molecule has 4 rings (SSSR count). The highest BCUT2D eigenvalue weighted by molar-refractivity contribution is 7.57. The van der Waals surface area contributed by atoms with Gasteiger partial charge in [-0.1, -0.05) is 27.7 Å². The van der Waals surface area contributed by atoms with Crippen LogP contribution in [0.25, 0.3) is 0 Å². The van der Waals surface area contributed by atoms with Crippen molar-refractivity contribution in [3.8, 4) is 0 Å². The number of carbonyl (C=O) groups is 5. The number of esters is 2. The maximum atomic E-state index is 13.5. The Hall–Kier alpha value is -2.47.